The van der Waals surface area contributed by atoms with Gasteiger partial charge in [0.25, 0.3) is 0 Å². The molecule has 2 unspecified atom stereocenters. The van der Waals surface area contributed by atoms with Gasteiger partial charge in [-0.3, -0.25) is 0 Å². The minimum absolute atomic E-state index is 0.0868. The van der Waals surface area contributed by atoms with Crippen LogP contribution in [0.4, 0.5) is 0 Å². The van der Waals surface area contributed by atoms with Gasteiger partial charge in [0.15, 0.2) is 0 Å². The van der Waals surface area contributed by atoms with E-state index in [1.165, 1.54) is 89.9 Å². The second-order valence-electron chi connectivity index (χ2n) is 8.20. The average molecular weight is 405 g/mol. The lowest BCUT2D eigenvalue weighted by molar-refractivity contribution is 0.0859. The van der Waals surface area contributed by atoms with Crippen LogP contribution in [-0.4, -0.2) is 45.8 Å². The van der Waals surface area contributed by atoms with E-state index in [9.17, 15) is 0 Å². The normalized spacial score (nSPS) is 13.1. The van der Waals surface area contributed by atoms with Gasteiger partial charge in [-0.15, -0.1) is 0 Å². The predicted octanol–water partition coefficient (Wildman–Crippen LogP) is 5.74. The number of unbranched alkanes of at least 4 members (excludes halogenated alkanes) is 14. The summed E-state index contributed by atoms with van der Waals surface area (Å²) in [5, 5.41) is 35.3. The standard InChI is InChI=1S/2C12H26O2/c2*1-2-3-4-5-6-7-8-9-10-12(14)11-13/h2*12-14H,2-11H2,1H3. The molecule has 0 aliphatic rings. The van der Waals surface area contributed by atoms with Gasteiger partial charge in [-0.25, -0.2) is 0 Å². The molecule has 2 atom stereocenters. The van der Waals surface area contributed by atoms with Gasteiger partial charge in [0.2, 0.25) is 0 Å². The van der Waals surface area contributed by atoms with Crippen molar-refractivity contribution >= 4 is 0 Å². The molecule has 0 amide bonds. The van der Waals surface area contributed by atoms with Crippen LogP contribution < -0.4 is 0 Å². The van der Waals surface area contributed by atoms with Crippen molar-refractivity contribution in [3.05, 3.63) is 0 Å². The molecule has 0 fully saturated rings. The molecule has 0 aliphatic heterocycles. The molecule has 0 aliphatic carbocycles. The summed E-state index contributed by atoms with van der Waals surface area (Å²) >= 11 is 0. The first-order valence-corrected chi connectivity index (χ1v) is 12.2. The Bertz CT molecular complexity index is 235. The highest BCUT2D eigenvalue weighted by Gasteiger charge is 2.01. The summed E-state index contributed by atoms with van der Waals surface area (Å²) < 4.78 is 0. The highest BCUT2D eigenvalue weighted by Crippen LogP contribution is 2.11. The summed E-state index contributed by atoms with van der Waals surface area (Å²) in [5.74, 6) is 0. The third-order valence-corrected chi connectivity index (χ3v) is 5.20. The van der Waals surface area contributed by atoms with E-state index >= 15 is 0 Å². The molecular weight excluding hydrogens is 352 g/mol. The van der Waals surface area contributed by atoms with E-state index in [1.54, 1.807) is 0 Å². The van der Waals surface area contributed by atoms with Crippen LogP contribution in [0.2, 0.25) is 0 Å². The van der Waals surface area contributed by atoms with Crippen LogP contribution in [0.5, 0.6) is 0 Å². The fourth-order valence-corrected chi connectivity index (χ4v) is 3.21. The SMILES string of the molecule is CCCCCCCCCCC(O)CO.CCCCCCCCCCC(O)CO. The third-order valence-electron chi connectivity index (χ3n) is 5.20. The van der Waals surface area contributed by atoms with Gasteiger partial charge < -0.3 is 20.4 Å². The van der Waals surface area contributed by atoms with Crippen molar-refractivity contribution in [2.45, 2.75) is 142 Å². The van der Waals surface area contributed by atoms with E-state index < -0.39 is 12.2 Å². The first kappa shape index (κ1) is 30.0. The Morgan fingerprint density at radius 1 is 0.429 bits per heavy atom. The lowest BCUT2D eigenvalue weighted by Gasteiger charge is -2.06. The maximum atomic E-state index is 9.08. The molecule has 0 aromatic carbocycles. The summed E-state index contributed by atoms with van der Waals surface area (Å²) in [4.78, 5) is 0. The molecule has 0 aromatic rings. The Balaban J connectivity index is 0. The van der Waals surface area contributed by atoms with Gasteiger partial charge in [-0.2, -0.15) is 0 Å². The first-order chi connectivity index (χ1) is 13.6. The Kier molecular flexibility index (Phi) is 28.8. The highest BCUT2D eigenvalue weighted by atomic mass is 16.3. The van der Waals surface area contributed by atoms with Gasteiger partial charge in [-0.05, 0) is 12.8 Å². The summed E-state index contributed by atoms with van der Waals surface area (Å²) in [6, 6.07) is 0. The van der Waals surface area contributed by atoms with E-state index in [2.05, 4.69) is 13.8 Å². The van der Waals surface area contributed by atoms with Crippen molar-refractivity contribution in [3.8, 4) is 0 Å². The summed E-state index contributed by atoms with van der Waals surface area (Å²) in [6.07, 6.45) is 21.0. The molecule has 4 nitrogen and oxygen atoms in total. The lowest BCUT2D eigenvalue weighted by Crippen LogP contribution is -2.10. The van der Waals surface area contributed by atoms with Crippen molar-refractivity contribution in [2.24, 2.45) is 0 Å². The second kappa shape index (κ2) is 26.8. The van der Waals surface area contributed by atoms with Crippen LogP contribution in [0.1, 0.15) is 129 Å². The fraction of sp³-hybridized carbons (Fsp3) is 1.00. The smallest absolute Gasteiger partial charge is 0.0770 e. The van der Waals surface area contributed by atoms with Crippen molar-refractivity contribution in [1.29, 1.82) is 0 Å². The van der Waals surface area contributed by atoms with Gasteiger partial charge >= 0.3 is 0 Å². The van der Waals surface area contributed by atoms with E-state index in [0.29, 0.717) is 0 Å². The van der Waals surface area contributed by atoms with Crippen LogP contribution in [0.3, 0.4) is 0 Å². The van der Waals surface area contributed by atoms with Crippen molar-refractivity contribution in [1.82, 2.24) is 0 Å². The molecule has 0 saturated heterocycles. The Morgan fingerprint density at radius 2 is 0.679 bits per heavy atom. The summed E-state index contributed by atoms with van der Waals surface area (Å²) in [7, 11) is 0. The molecule has 0 rings (SSSR count). The molecular formula is C24H52O4. The zero-order valence-electron chi connectivity index (χ0n) is 19.1. The minimum atomic E-state index is -0.491. The lowest BCUT2D eigenvalue weighted by atomic mass is 10.1. The number of aliphatic hydroxyl groups excluding tert-OH is 4. The minimum Gasteiger partial charge on any atom is -0.394 e. The van der Waals surface area contributed by atoms with Crippen LogP contribution in [0.15, 0.2) is 0 Å². The zero-order valence-corrected chi connectivity index (χ0v) is 19.1. The molecule has 0 bridgehead atoms. The van der Waals surface area contributed by atoms with Gasteiger partial charge in [0.1, 0.15) is 0 Å². The number of hydrogen-bond donors (Lipinski definition) is 4. The Labute approximate surface area is 175 Å². The molecule has 172 valence electrons. The quantitative estimate of drug-likeness (QED) is 0.195. The maximum absolute atomic E-state index is 9.08. The van der Waals surface area contributed by atoms with Crippen LogP contribution in [0.25, 0.3) is 0 Å². The summed E-state index contributed by atoms with van der Waals surface area (Å²) in [6.45, 7) is 4.29. The largest absolute Gasteiger partial charge is 0.394 e. The highest BCUT2D eigenvalue weighted by molar-refractivity contribution is 4.54. The fourth-order valence-electron chi connectivity index (χ4n) is 3.21. The van der Waals surface area contributed by atoms with E-state index in [-0.39, 0.29) is 13.2 Å². The third kappa shape index (κ3) is 28.1. The van der Waals surface area contributed by atoms with Gasteiger partial charge in [0.05, 0.1) is 25.4 Å². The molecule has 0 heterocycles. The molecule has 0 saturated carbocycles. The van der Waals surface area contributed by atoms with Crippen LogP contribution >= 0.6 is 0 Å². The van der Waals surface area contributed by atoms with E-state index in [4.69, 9.17) is 20.4 Å². The average Bonchev–Trinajstić information content (AvgIpc) is 2.72. The van der Waals surface area contributed by atoms with Crippen molar-refractivity contribution in [2.75, 3.05) is 13.2 Å². The Hall–Kier alpha value is -0.160. The summed E-state index contributed by atoms with van der Waals surface area (Å²) in [5.41, 5.74) is 0. The maximum Gasteiger partial charge on any atom is 0.0770 e. The van der Waals surface area contributed by atoms with E-state index in [0.717, 1.165) is 25.7 Å². The van der Waals surface area contributed by atoms with Gasteiger partial charge in [0, 0.05) is 0 Å². The molecule has 4 heteroatoms. The number of rotatable bonds is 20. The Morgan fingerprint density at radius 3 is 0.929 bits per heavy atom. The van der Waals surface area contributed by atoms with Crippen molar-refractivity contribution < 1.29 is 20.4 Å². The second-order valence-corrected chi connectivity index (χ2v) is 8.20. The molecule has 0 spiro atoms. The van der Waals surface area contributed by atoms with Crippen LogP contribution in [-0.2, 0) is 0 Å². The van der Waals surface area contributed by atoms with E-state index in [1.807, 2.05) is 0 Å². The molecule has 28 heavy (non-hydrogen) atoms. The topological polar surface area (TPSA) is 80.9 Å². The molecule has 0 radical (unpaired) electrons. The zero-order chi connectivity index (χ0) is 21.3. The van der Waals surface area contributed by atoms with Crippen molar-refractivity contribution in [3.63, 3.8) is 0 Å². The molecule has 0 aromatic heterocycles. The van der Waals surface area contributed by atoms with Gasteiger partial charge in [-0.1, -0.05) is 117 Å². The predicted molar refractivity (Wildman–Crippen MR) is 121 cm³/mol. The number of hydrogen-bond acceptors (Lipinski definition) is 4. The monoisotopic (exact) mass is 404 g/mol. The first-order valence-electron chi connectivity index (χ1n) is 12.2. The molecule has 4 N–H and O–H groups in total. The number of aliphatic hydroxyl groups is 4. The van der Waals surface area contributed by atoms with Crippen LogP contribution in [0, 0.1) is 0 Å².